The molecule has 5 heteroatoms. The molecule has 0 aliphatic carbocycles. The topological polar surface area (TPSA) is 47.9 Å². The van der Waals surface area contributed by atoms with E-state index in [1.54, 1.807) is 20.8 Å². The van der Waals surface area contributed by atoms with Crippen LogP contribution in [-0.2, 0) is 9.47 Å². The highest BCUT2D eigenvalue weighted by Crippen LogP contribution is 2.35. The van der Waals surface area contributed by atoms with Gasteiger partial charge in [-0.1, -0.05) is 11.6 Å². The van der Waals surface area contributed by atoms with E-state index in [1.807, 2.05) is 0 Å². The van der Waals surface area contributed by atoms with Crippen molar-refractivity contribution >= 4 is 11.6 Å². The number of nitrogens with zero attached hydrogens (tertiary/aromatic N) is 1. The Bertz CT molecular complexity index is 197. The molecular formula is C7H12ClNO3. The highest BCUT2D eigenvalue weighted by Gasteiger charge is 2.47. The first-order valence-corrected chi connectivity index (χ1v) is 4.14. The summed E-state index contributed by atoms with van der Waals surface area (Å²) in [4.78, 5) is 10.2. The molecule has 0 aromatic rings. The number of hydrogen-bond acceptors (Lipinski definition) is 4. The van der Waals surface area contributed by atoms with Crippen LogP contribution in [0, 0.1) is 4.91 Å². The van der Waals surface area contributed by atoms with Gasteiger partial charge in [-0.05, 0) is 25.9 Å². The number of halogens is 1. The Morgan fingerprint density at radius 2 is 2.08 bits per heavy atom. The molecule has 70 valence electrons. The van der Waals surface area contributed by atoms with E-state index >= 15 is 0 Å². The van der Waals surface area contributed by atoms with Crippen molar-refractivity contribution in [2.24, 2.45) is 5.18 Å². The van der Waals surface area contributed by atoms with Crippen molar-refractivity contribution in [2.75, 3.05) is 6.61 Å². The summed E-state index contributed by atoms with van der Waals surface area (Å²) in [5.74, 6) is -0.674. The highest BCUT2D eigenvalue weighted by molar-refractivity contribution is 6.21. The summed E-state index contributed by atoms with van der Waals surface area (Å²) in [6.07, 6.45) is 0. The first-order valence-electron chi connectivity index (χ1n) is 3.70. The molecule has 1 fully saturated rings. The smallest absolute Gasteiger partial charge is 0.196 e. The van der Waals surface area contributed by atoms with E-state index in [-0.39, 0.29) is 0 Å². The average Bonchev–Trinajstić information content (AvgIpc) is 2.25. The standard InChI is InChI=1S/C7H12ClNO3/c1-6(2)11-4-7(3,12-6)5(8)9-10/h5H,4H2,1-3H3/t5?,7-/m1/s1. The predicted molar refractivity (Wildman–Crippen MR) is 45.0 cm³/mol. The molecule has 1 aliphatic rings. The molecule has 12 heavy (non-hydrogen) atoms. The van der Waals surface area contributed by atoms with Crippen molar-refractivity contribution in [3.8, 4) is 0 Å². The zero-order chi connectivity index (χ0) is 9.41. The van der Waals surface area contributed by atoms with E-state index < -0.39 is 16.9 Å². The Morgan fingerprint density at radius 1 is 1.50 bits per heavy atom. The molecule has 4 nitrogen and oxygen atoms in total. The van der Waals surface area contributed by atoms with Gasteiger partial charge in [0.1, 0.15) is 5.60 Å². The molecule has 0 spiro atoms. The van der Waals surface area contributed by atoms with Gasteiger partial charge in [-0.15, -0.1) is 4.91 Å². The molecule has 1 heterocycles. The lowest BCUT2D eigenvalue weighted by atomic mass is 10.1. The molecule has 0 N–H and O–H groups in total. The van der Waals surface area contributed by atoms with Crippen LogP contribution in [0.5, 0.6) is 0 Å². The largest absolute Gasteiger partial charge is 0.347 e. The van der Waals surface area contributed by atoms with Gasteiger partial charge < -0.3 is 9.47 Å². The minimum atomic E-state index is -0.903. The lowest BCUT2D eigenvalue weighted by Gasteiger charge is -2.25. The van der Waals surface area contributed by atoms with E-state index in [0.29, 0.717) is 6.61 Å². The summed E-state index contributed by atoms with van der Waals surface area (Å²) in [5, 5.41) is 2.72. The van der Waals surface area contributed by atoms with Crippen LogP contribution in [0.1, 0.15) is 20.8 Å². The van der Waals surface area contributed by atoms with E-state index in [1.165, 1.54) is 0 Å². The maximum absolute atomic E-state index is 10.2. The summed E-state index contributed by atoms with van der Waals surface area (Å²) in [5.41, 5.74) is -1.70. The number of nitroso groups, excluding NO2 is 1. The van der Waals surface area contributed by atoms with Crippen molar-refractivity contribution in [3.63, 3.8) is 0 Å². The van der Waals surface area contributed by atoms with Gasteiger partial charge in [-0.25, -0.2) is 0 Å². The van der Waals surface area contributed by atoms with Gasteiger partial charge in [-0.2, -0.15) is 0 Å². The van der Waals surface area contributed by atoms with E-state index in [0.717, 1.165) is 0 Å². The molecule has 1 unspecified atom stereocenters. The monoisotopic (exact) mass is 193 g/mol. The third-order valence-corrected chi connectivity index (χ3v) is 2.32. The Labute approximate surface area is 76.1 Å². The maximum Gasteiger partial charge on any atom is 0.196 e. The summed E-state index contributed by atoms with van der Waals surface area (Å²) in [7, 11) is 0. The summed E-state index contributed by atoms with van der Waals surface area (Å²) in [6.45, 7) is 5.54. The Balaban J connectivity index is 2.70. The van der Waals surface area contributed by atoms with Gasteiger partial charge in [0.2, 0.25) is 0 Å². The number of alkyl halides is 1. The fourth-order valence-corrected chi connectivity index (χ4v) is 1.27. The molecule has 0 amide bonds. The van der Waals surface area contributed by atoms with Gasteiger partial charge in [0.05, 0.1) is 6.61 Å². The van der Waals surface area contributed by atoms with Crippen LogP contribution < -0.4 is 0 Å². The molecular weight excluding hydrogens is 182 g/mol. The Morgan fingerprint density at radius 3 is 2.42 bits per heavy atom. The highest BCUT2D eigenvalue weighted by atomic mass is 35.5. The van der Waals surface area contributed by atoms with Crippen LogP contribution in [-0.4, -0.2) is 23.5 Å². The molecule has 0 aromatic carbocycles. The molecule has 0 radical (unpaired) electrons. The van der Waals surface area contributed by atoms with Crippen LogP contribution in [0.3, 0.4) is 0 Å². The van der Waals surface area contributed by atoms with Crippen LogP contribution in [0.15, 0.2) is 5.18 Å². The zero-order valence-electron chi connectivity index (χ0n) is 7.33. The number of rotatable bonds is 2. The molecule has 1 aliphatic heterocycles. The zero-order valence-corrected chi connectivity index (χ0v) is 8.09. The van der Waals surface area contributed by atoms with Crippen LogP contribution in [0.2, 0.25) is 0 Å². The molecule has 0 aromatic heterocycles. The van der Waals surface area contributed by atoms with E-state index in [2.05, 4.69) is 5.18 Å². The van der Waals surface area contributed by atoms with Crippen LogP contribution in [0.25, 0.3) is 0 Å². The second kappa shape index (κ2) is 2.94. The minimum Gasteiger partial charge on any atom is -0.347 e. The lowest BCUT2D eigenvalue weighted by molar-refractivity contribution is -0.157. The molecule has 1 saturated heterocycles. The molecule has 0 bridgehead atoms. The van der Waals surface area contributed by atoms with E-state index in [9.17, 15) is 4.91 Å². The normalized spacial score (nSPS) is 36.3. The van der Waals surface area contributed by atoms with Crippen molar-refractivity contribution in [1.82, 2.24) is 0 Å². The van der Waals surface area contributed by atoms with Gasteiger partial charge >= 0.3 is 0 Å². The summed E-state index contributed by atoms with van der Waals surface area (Å²) in [6, 6.07) is 0. The number of hydrogen-bond donors (Lipinski definition) is 0. The van der Waals surface area contributed by atoms with Crippen LogP contribution >= 0.6 is 11.6 Å². The summed E-state index contributed by atoms with van der Waals surface area (Å²) < 4.78 is 10.7. The van der Waals surface area contributed by atoms with Gasteiger partial charge in [0, 0.05) is 0 Å². The molecule has 0 saturated carbocycles. The van der Waals surface area contributed by atoms with Crippen molar-refractivity contribution in [1.29, 1.82) is 0 Å². The van der Waals surface area contributed by atoms with E-state index in [4.69, 9.17) is 21.1 Å². The lowest BCUT2D eigenvalue weighted by Crippen LogP contribution is -2.38. The fraction of sp³-hybridized carbons (Fsp3) is 1.00. The second-order valence-electron chi connectivity index (χ2n) is 3.54. The Hall–Kier alpha value is -0.190. The van der Waals surface area contributed by atoms with Crippen molar-refractivity contribution in [3.05, 3.63) is 4.91 Å². The van der Waals surface area contributed by atoms with Crippen LogP contribution in [0.4, 0.5) is 0 Å². The van der Waals surface area contributed by atoms with Gasteiger partial charge in [-0.3, -0.25) is 0 Å². The third-order valence-electron chi connectivity index (χ3n) is 1.78. The van der Waals surface area contributed by atoms with Gasteiger partial charge in [0.15, 0.2) is 11.3 Å². The quantitative estimate of drug-likeness (QED) is 0.382. The van der Waals surface area contributed by atoms with Crippen molar-refractivity contribution in [2.45, 2.75) is 37.7 Å². The SMILES string of the molecule is CC1(C)OC[C@](C)(C(Cl)N=O)O1. The first-order chi connectivity index (χ1) is 5.40. The maximum atomic E-state index is 10.2. The number of ether oxygens (including phenoxy) is 2. The summed E-state index contributed by atoms with van der Waals surface area (Å²) >= 11 is 5.66. The predicted octanol–water partition coefficient (Wildman–Crippen LogP) is 1.86. The molecule has 1 rings (SSSR count). The van der Waals surface area contributed by atoms with Gasteiger partial charge in [0.25, 0.3) is 0 Å². The minimum absolute atomic E-state index is 0.292. The van der Waals surface area contributed by atoms with Crippen molar-refractivity contribution < 1.29 is 9.47 Å². The third kappa shape index (κ3) is 1.76. The fourth-order valence-electron chi connectivity index (χ4n) is 1.17. The second-order valence-corrected chi connectivity index (χ2v) is 3.96. The average molecular weight is 194 g/mol. The molecule has 2 atom stereocenters. The Kier molecular flexibility index (Phi) is 2.42. The first kappa shape index (κ1) is 9.89.